The van der Waals surface area contributed by atoms with Crippen LogP contribution in [0.1, 0.15) is 11.1 Å². The maximum absolute atomic E-state index is 3.36. The summed E-state index contributed by atoms with van der Waals surface area (Å²) in [6.45, 7) is 4.36. The monoisotopic (exact) mass is 1700 g/mol. The van der Waals surface area contributed by atoms with E-state index in [0.29, 0.717) is 0 Å². The molecule has 0 fully saturated rings. The van der Waals surface area contributed by atoms with Crippen molar-refractivity contribution in [3.05, 3.63) is 436 Å². The molecule has 0 aliphatic heterocycles. The molecule has 0 radical (unpaired) electrons. The second-order valence-corrected chi connectivity index (χ2v) is 34.9. The molecule has 0 bridgehead atoms. The van der Waals surface area contributed by atoms with Crippen LogP contribution in [0.3, 0.4) is 0 Å². The van der Waals surface area contributed by atoms with Gasteiger partial charge in [-0.25, -0.2) is 0 Å². The van der Waals surface area contributed by atoms with Crippen LogP contribution >= 0.6 is 31.7 Å². The Morgan fingerprint density at radius 1 is 0.165 bits per heavy atom. The Morgan fingerprint density at radius 2 is 0.268 bits per heavy atom. The molecule has 14 rings (SSSR count). The molecule has 0 nitrogen and oxygen atoms in total. The predicted molar refractivity (Wildman–Crippen MR) is 425 cm³/mol. The molecule has 0 saturated carbocycles. The first kappa shape index (κ1) is 74.3. The number of hydrogen-bond donors (Lipinski definition) is 0. The van der Waals surface area contributed by atoms with Gasteiger partial charge in [-0.05, 0) is 133 Å². The average Bonchev–Trinajstić information content (AvgIpc) is 0.973. The fourth-order valence-electron chi connectivity index (χ4n) is 10.2. The van der Waals surface area contributed by atoms with Crippen molar-refractivity contribution in [2.75, 3.05) is 0 Å². The van der Waals surface area contributed by atoms with Gasteiger partial charge in [-0.1, -0.05) is 412 Å². The normalized spacial score (nSPS) is 10.2. The third kappa shape index (κ3) is 23.9. The minimum Gasteiger partial charge on any atom is -0.111 e. The molecular formula is C90H76P4Pt2Si. The van der Waals surface area contributed by atoms with Crippen LogP contribution in [0.5, 0.6) is 0 Å². The largest absolute Gasteiger partial charge is 0.211 e. The van der Waals surface area contributed by atoms with E-state index in [-0.39, 0.29) is 42.1 Å². The van der Waals surface area contributed by atoms with E-state index in [1.807, 2.05) is 60.7 Å². The third-order valence-electron chi connectivity index (χ3n) is 14.8. The van der Waals surface area contributed by atoms with Crippen molar-refractivity contribution in [3.63, 3.8) is 0 Å². The van der Waals surface area contributed by atoms with E-state index in [0.717, 1.165) is 11.1 Å². The molecule has 0 aromatic heterocycles. The molecule has 0 amide bonds. The molecule has 7 heteroatoms. The summed E-state index contributed by atoms with van der Waals surface area (Å²) >= 11 is 0. The molecule has 0 aliphatic carbocycles. The van der Waals surface area contributed by atoms with E-state index in [1.54, 1.807) is 0 Å². The maximum Gasteiger partial charge on any atom is 0.211 e. The van der Waals surface area contributed by atoms with Gasteiger partial charge in [-0.2, -0.15) is 0 Å². The first-order valence-corrected chi connectivity index (χ1v) is 40.3. The number of rotatable bonds is 12. The van der Waals surface area contributed by atoms with Crippen LogP contribution in [0.15, 0.2) is 425 Å². The van der Waals surface area contributed by atoms with Crippen LogP contribution in [0.2, 0.25) is 13.1 Å². The zero-order chi connectivity index (χ0) is 65.2. The average molecular weight is 1700 g/mol. The van der Waals surface area contributed by atoms with E-state index in [9.17, 15) is 0 Å². The molecule has 14 aromatic rings. The summed E-state index contributed by atoms with van der Waals surface area (Å²) in [6, 6.07) is 149. The Bertz CT molecular complexity index is 3610. The smallest absolute Gasteiger partial charge is 0.111 e. The van der Waals surface area contributed by atoms with Gasteiger partial charge in [0.1, 0.15) is 0 Å². The van der Waals surface area contributed by atoms with Gasteiger partial charge >= 0.3 is 0 Å². The quantitative estimate of drug-likeness (QED) is 0.0650. The second-order valence-electron chi connectivity index (χ2n) is 22.2. The maximum atomic E-state index is 3.36. The van der Waals surface area contributed by atoms with Gasteiger partial charge in [0.2, 0.25) is 8.07 Å². The summed E-state index contributed by atoms with van der Waals surface area (Å²) in [5.74, 6) is 6.46. The minimum absolute atomic E-state index is 0. The van der Waals surface area contributed by atoms with E-state index < -0.39 is 39.8 Å². The standard InChI is InChI=1S/4C18H15P.C18H16Si.2Pt/c4*1-4-10-16(11-5-1)19(17-12-6-2-7-13-17)18-14-8-3-9-15-18;1-19(2,15-13-17-9-5-3-6-10-17)16-14-18-11-7-4-8-12-18;;/h4*1-15H;3-12H,1-2H3;;. The van der Waals surface area contributed by atoms with Crippen molar-refractivity contribution in [2.45, 2.75) is 13.1 Å². The topological polar surface area (TPSA) is 0 Å². The number of hydrogen-bond acceptors (Lipinski definition) is 0. The molecule has 0 heterocycles. The van der Waals surface area contributed by atoms with Crippen LogP contribution in [0.4, 0.5) is 0 Å². The van der Waals surface area contributed by atoms with E-state index in [2.05, 4.69) is 400 Å². The van der Waals surface area contributed by atoms with E-state index in [1.165, 1.54) is 63.7 Å². The van der Waals surface area contributed by atoms with E-state index in [4.69, 9.17) is 0 Å². The molecule has 97 heavy (non-hydrogen) atoms. The summed E-state index contributed by atoms with van der Waals surface area (Å²) in [4.78, 5) is 0. The summed E-state index contributed by atoms with van der Waals surface area (Å²) < 4.78 is 0. The SMILES string of the molecule is C[Si](C)(C#Cc1ccccc1)C#Cc1ccccc1.[Pt].[Pt].c1ccc(P(c2ccccc2)c2ccccc2)cc1.c1ccc(P(c2ccccc2)c2ccccc2)cc1.c1ccc(P(c2ccccc2)c2ccccc2)cc1.c1ccc(P(c2ccccc2)c2ccccc2)cc1. The van der Waals surface area contributed by atoms with Crippen molar-refractivity contribution in [2.24, 2.45) is 0 Å². The van der Waals surface area contributed by atoms with Crippen LogP contribution in [-0.2, 0) is 42.1 Å². The fourth-order valence-corrected chi connectivity index (χ4v) is 20.4. The van der Waals surface area contributed by atoms with Crippen molar-refractivity contribution in [3.8, 4) is 22.9 Å². The third-order valence-corrected chi connectivity index (χ3v) is 26.0. The molecule has 480 valence electrons. The number of benzene rings is 14. The molecule has 0 aliphatic rings. The first-order chi connectivity index (χ1) is 47.0. The fraction of sp³-hybridized carbons (Fsp3) is 0.0222. The Labute approximate surface area is 612 Å². The molecule has 0 spiro atoms. The molecule has 0 saturated heterocycles. The van der Waals surface area contributed by atoms with Gasteiger partial charge in [-0.15, -0.1) is 11.1 Å². The Kier molecular flexibility index (Phi) is 31.9. The van der Waals surface area contributed by atoms with Gasteiger partial charge < -0.3 is 0 Å². The van der Waals surface area contributed by atoms with Crippen molar-refractivity contribution < 1.29 is 42.1 Å². The summed E-state index contributed by atoms with van der Waals surface area (Å²) in [5, 5.41) is 16.8. The van der Waals surface area contributed by atoms with Gasteiger partial charge in [0.25, 0.3) is 0 Å². The Balaban J connectivity index is 0.000000154. The van der Waals surface area contributed by atoms with Crippen molar-refractivity contribution in [1.82, 2.24) is 0 Å². The van der Waals surface area contributed by atoms with Crippen molar-refractivity contribution >= 4 is 103 Å². The predicted octanol–water partition coefficient (Wildman–Crippen LogP) is 17.7. The zero-order valence-corrected chi connectivity index (χ0v) is 63.5. The van der Waals surface area contributed by atoms with Crippen LogP contribution in [-0.4, -0.2) is 8.07 Å². The second kappa shape index (κ2) is 41.6. The summed E-state index contributed by atoms with van der Waals surface area (Å²) in [7, 11) is -3.58. The van der Waals surface area contributed by atoms with E-state index >= 15 is 0 Å². The molecule has 0 N–H and O–H groups in total. The zero-order valence-electron chi connectivity index (χ0n) is 54.3. The van der Waals surface area contributed by atoms with Crippen LogP contribution in [0.25, 0.3) is 0 Å². The van der Waals surface area contributed by atoms with Gasteiger partial charge in [0.05, 0.1) is 0 Å². The molecule has 0 unspecified atom stereocenters. The molecule has 0 atom stereocenters. The van der Waals surface area contributed by atoms with Crippen LogP contribution in [0, 0.1) is 22.9 Å². The summed E-state index contributed by atoms with van der Waals surface area (Å²) in [5.41, 5.74) is 8.84. The Hall–Kier alpha value is -8.49. The van der Waals surface area contributed by atoms with Crippen LogP contribution < -0.4 is 63.7 Å². The van der Waals surface area contributed by atoms with Gasteiger partial charge in [-0.3, -0.25) is 0 Å². The van der Waals surface area contributed by atoms with Gasteiger partial charge in [0, 0.05) is 53.3 Å². The molecule has 14 aromatic carbocycles. The van der Waals surface area contributed by atoms with Crippen molar-refractivity contribution in [1.29, 1.82) is 0 Å². The first-order valence-electron chi connectivity index (χ1n) is 31.9. The molecular weight excluding hydrogens is 1620 g/mol. The van der Waals surface area contributed by atoms with Gasteiger partial charge in [0.15, 0.2) is 0 Å². The Morgan fingerprint density at radius 3 is 0.381 bits per heavy atom. The minimum atomic E-state index is -1.79. The summed E-state index contributed by atoms with van der Waals surface area (Å²) in [6.07, 6.45) is 0.